The fourth-order valence-corrected chi connectivity index (χ4v) is 1.91. The molecule has 0 atom stereocenters. The van der Waals surface area contributed by atoms with Gasteiger partial charge in [-0.3, -0.25) is 0 Å². The number of hydrogen-bond acceptors (Lipinski definition) is 8. The number of nitrogens with two attached hydrogens (primary N) is 1. The van der Waals surface area contributed by atoms with Crippen LogP contribution in [0.3, 0.4) is 0 Å². The van der Waals surface area contributed by atoms with Crippen molar-refractivity contribution < 1.29 is 13.2 Å². The monoisotopic (exact) mass is 304 g/mol. The normalized spacial score (nSPS) is 11.6. The number of ether oxygens (including phenoxy) is 1. The van der Waals surface area contributed by atoms with E-state index < -0.39 is 10.0 Å². The molecular formula is C10H20N6O3S. The molecule has 0 radical (unpaired) electrons. The predicted molar refractivity (Wildman–Crippen MR) is 76.0 cm³/mol. The highest BCUT2D eigenvalue weighted by molar-refractivity contribution is 7.89. The van der Waals surface area contributed by atoms with E-state index in [-0.39, 0.29) is 30.2 Å². The van der Waals surface area contributed by atoms with Gasteiger partial charge in [-0.2, -0.15) is 15.0 Å². The van der Waals surface area contributed by atoms with E-state index in [1.807, 2.05) is 6.92 Å². The number of aromatic nitrogens is 3. The van der Waals surface area contributed by atoms with Crippen molar-refractivity contribution in [1.82, 2.24) is 19.3 Å². The summed E-state index contributed by atoms with van der Waals surface area (Å²) in [5.41, 5.74) is 5.53. The molecule has 20 heavy (non-hydrogen) atoms. The van der Waals surface area contributed by atoms with E-state index in [0.717, 1.165) is 10.7 Å². The van der Waals surface area contributed by atoms with Crippen LogP contribution >= 0.6 is 0 Å². The predicted octanol–water partition coefficient (Wildman–Crippen LogP) is -0.454. The molecule has 0 aliphatic heterocycles. The van der Waals surface area contributed by atoms with E-state index in [2.05, 4.69) is 20.3 Å². The highest BCUT2D eigenvalue weighted by atomic mass is 32.2. The zero-order valence-electron chi connectivity index (χ0n) is 11.8. The standard InChI is InChI=1S/C10H20N6O3S/c1-4-6-19-10-14-8(11)13-9(15-10)12-5-7-20(17,18)16(2)3/h4-7H2,1-3H3,(H3,11,12,13,14,15). The molecule has 0 spiro atoms. The van der Waals surface area contributed by atoms with Gasteiger partial charge in [-0.05, 0) is 6.42 Å². The molecule has 1 aromatic heterocycles. The summed E-state index contributed by atoms with van der Waals surface area (Å²) in [4.78, 5) is 11.7. The van der Waals surface area contributed by atoms with E-state index >= 15 is 0 Å². The second-order valence-corrected chi connectivity index (χ2v) is 6.48. The summed E-state index contributed by atoms with van der Waals surface area (Å²) in [6.45, 7) is 2.59. The minimum atomic E-state index is -3.27. The van der Waals surface area contributed by atoms with Crippen molar-refractivity contribution in [2.24, 2.45) is 0 Å². The maximum absolute atomic E-state index is 11.6. The van der Waals surface area contributed by atoms with Crippen LogP contribution in [0.2, 0.25) is 0 Å². The summed E-state index contributed by atoms with van der Waals surface area (Å²) in [5, 5.41) is 2.79. The van der Waals surface area contributed by atoms with Gasteiger partial charge in [0.05, 0.1) is 12.4 Å². The Labute approximate surface area is 118 Å². The van der Waals surface area contributed by atoms with Crippen LogP contribution in [0.25, 0.3) is 0 Å². The Morgan fingerprint density at radius 3 is 2.60 bits per heavy atom. The molecule has 9 nitrogen and oxygen atoms in total. The molecule has 1 rings (SSSR count). The number of nitrogen functional groups attached to an aromatic ring is 1. The maximum atomic E-state index is 11.6. The van der Waals surface area contributed by atoms with Gasteiger partial charge in [0, 0.05) is 20.6 Å². The number of nitrogens with one attached hydrogen (secondary N) is 1. The number of hydrogen-bond donors (Lipinski definition) is 2. The maximum Gasteiger partial charge on any atom is 0.323 e. The van der Waals surface area contributed by atoms with Crippen LogP contribution in [0.4, 0.5) is 11.9 Å². The lowest BCUT2D eigenvalue weighted by molar-refractivity contribution is 0.292. The van der Waals surface area contributed by atoms with Gasteiger partial charge in [0.25, 0.3) is 0 Å². The Morgan fingerprint density at radius 1 is 1.30 bits per heavy atom. The summed E-state index contributed by atoms with van der Waals surface area (Å²) in [7, 11) is -0.307. The molecule has 0 aromatic carbocycles. The van der Waals surface area contributed by atoms with Crippen molar-refractivity contribution in [3.63, 3.8) is 0 Å². The van der Waals surface area contributed by atoms with Crippen LogP contribution in [0.1, 0.15) is 13.3 Å². The Bertz CT molecular complexity index is 534. The van der Waals surface area contributed by atoms with Gasteiger partial charge in [-0.15, -0.1) is 0 Å². The van der Waals surface area contributed by atoms with Crippen LogP contribution < -0.4 is 15.8 Å². The lowest BCUT2D eigenvalue weighted by Crippen LogP contribution is -2.28. The van der Waals surface area contributed by atoms with Crippen molar-refractivity contribution >= 4 is 21.9 Å². The highest BCUT2D eigenvalue weighted by Crippen LogP contribution is 2.09. The number of anilines is 2. The molecule has 0 amide bonds. The summed E-state index contributed by atoms with van der Waals surface area (Å²) in [6, 6.07) is 0.123. The van der Waals surface area contributed by atoms with Crippen molar-refractivity contribution in [1.29, 1.82) is 0 Å². The second kappa shape index (κ2) is 7.20. The molecule has 0 saturated heterocycles. The van der Waals surface area contributed by atoms with Crippen LogP contribution in [0, 0.1) is 0 Å². The van der Waals surface area contributed by atoms with Gasteiger partial charge in [0.15, 0.2) is 0 Å². The van der Waals surface area contributed by atoms with Crippen LogP contribution in [-0.4, -0.2) is 60.7 Å². The van der Waals surface area contributed by atoms with Crippen molar-refractivity contribution in [2.75, 3.05) is 44.1 Å². The minimum Gasteiger partial charge on any atom is -0.463 e. The van der Waals surface area contributed by atoms with E-state index in [4.69, 9.17) is 10.5 Å². The molecule has 0 aliphatic carbocycles. The van der Waals surface area contributed by atoms with Crippen molar-refractivity contribution in [3.05, 3.63) is 0 Å². The largest absolute Gasteiger partial charge is 0.463 e. The van der Waals surface area contributed by atoms with Gasteiger partial charge < -0.3 is 15.8 Å². The quantitative estimate of drug-likeness (QED) is 0.661. The molecule has 0 fully saturated rings. The Balaban J connectivity index is 2.62. The summed E-state index contributed by atoms with van der Waals surface area (Å²) in [6.07, 6.45) is 0.815. The van der Waals surface area contributed by atoms with Crippen molar-refractivity contribution in [3.8, 4) is 6.01 Å². The Hall–Kier alpha value is -1.68. The molecule has 1 aromatic rings. The first kappa shape index (κ1) is 16.4. The minimum absolute atomic E-state index is 0.0177. The van der Waals surface area contributed by atoms with Crippen LogP contribution in [0.15, 0.2) is 0 Å². The van der Waals surface area contributed by atoms with Gasteiger partial charge in [-0.25, -0.2) is 12.7 Å². The van der Waals surface area contributed by atoms with E-state index in [1.165, 1.54) is 14.1 Å². The smallest absolute Gasteiger partial charge is 0.323 e. The molecule has 0 unspecified atom stereocenters. The van der Waals surface area contributed by atoms with Crippen LogP contribution in [-0.2, 0) is 10.0 Å². The third kappa shape index (κ3) is 5.13. The average Bonchev–Trinajstić information content (AvgIpc) is 2.35. The van der Waals surface area contributed by atoms with Crippen LogP contribution in [0.5, 0.6) is 6.01 Å². The molecule has 0 saturated carbocycles. The van der Waals surface area contributed by atoms with Crippen molar-refractivity contribution in [2.45, 2.75) is 13.3 Å². The number of sulfonamides is 1. The lowest BCUT2D eigenvalue weighted by atomic mass is 10.5. The SMILES string of the molecule is CCCOc1nc(N)nc(NCCS(=O)(=O)N(C)C)n1. The number of rotatable bonds is 8. The first-order valence-electron chi connectivity index (χ1n) is 6.13. The fourth-order valence-electron chi connectivity index (χ4n) is 1.18. The zero-order chi connectivity index (χ0) is 15.2. The van der Waals surface area contributed by atoms with Gasteiger partial charge in [0.2, 0.25) is 21.9 Å². The molecule has 3 N–H and O–H groups in total. The molecule has 0 bridgehead atoms. The lowest BCUT2D eigenvalue weighted by Gasteiger charge is -2.11. The van der Waals surface area contributed by atoms with Gasteiger partial charge in [-0.1, -0.05) is 6.92 Å². The first-order valence-corrected chi connectivity index (χ1v) is 7.74. The third-order valence-electron chi connectivity index (χ3n) is 2.27. The van der Waals surface area contributed by atoms with Gasteiger partial charge in [0.1, 0.15) is 0 Å². The van der Waals surface area contributed by atoms with E-state index in [9.17, 15) is 8.42 Å². The van der Waals surface area contributed by atoms with E-state index in [1.54, 1.807) is 0 Å². The molecule has 1 heterocycles. The topological polar surface area (TPSA) is 123 Å². The zero-order valence-corrected chi connectivity index (χ0v) is 12.6. The molecular weight excluding hydrogens is 284 g/mol. The molecule has 114 valence electrons. The average molecular weight is 304 g/mol. The Morgan fingerprint density at radius 2 is 2.00 bits per heavy atom. The summed E-state index contributed by atoms with van der Waals surface area (Å²) < 4.78 is 29.6. The van der Waals surface area contributed by atoms with Gasteiger partial charge >= 0.3 is 6.01 Å². The molecule has 0 aliphatic rings. The second-order valence-electron chi connectivity index (χ2n) is 4.17. The first-order chi connectivity index (χ1) is 9.35. The third-order valence-corrected chi connectivity index (χ3v) is 4.10. The molecule has 10 heteroatoms. The summed E-state index contributed by atoms with van der Waals surface area (Å²) in [5.74, 6) is 0.137. The number of nitrogens with zero attached hydrogens (tertiary/aromatic N) is 4. The highest BCUT2D eigenvalue weighted by Gasteiger charge is 2.13. The summed E-state index contributed by atoms with van der Waals surface area (Å²) >= 11 is 0. The fraction of sp³-hybridized carbons (Fsp3) is 0.700. The Kier molecular flexibility index (Phi) is 5.89. The van der Waals surface area contributed by atoms with E-state index in [0.29, 0.717) is 6.61 Å².